The Morgan fingerprint density at radius 2 is 0.727 bits per heavy atom. The van der Waals surface area contributed by atoms with Crippen LogP contribution in [-0.4, -0.2) is 193 Å². The average Bonchev–Trinajstić information content (AvgIpc) is 3.69. The highest BCUT2D eigenvalue weighted by molar-refractivity contribution is 5.76. The number of hydrogen-bond acceptors (Lipinski definition) is 18. The van der Waals surface area contributed by atoms with Crippen molar-refractivity contribution in [3.05, 3.63) is 36.5 Å². The number of ether oxygens (including phenoxy) is 6. The van der Waals surface area contributed by atoms with Crippen LogP contribution in [0.15, 0.2) is 36.5 Å². The van der Waals surface area contributed by atoms with Gasteiger partial charge in [0.1, 0.15) is 73.2 Å². The van der Waals surface area contributed by atoms with Crippen molar-refractivity contribution in [3.63, 3.8) is 0 Å². The molecule has 0 aromatic heterocycles. The molecule has 17 atom stereocenters. The van der Waals surface area contributed by atoms with Crippen molar-refractivity contribution in [3.8, 4) is 0 Å². The van der Waals surface area contributed by atoms with Crippen LogP contribution in [0.2, 0.25) is 0 Å². The Morgan fingerprint density at radius 1 is 0.398 bits per heavy atom. The lowest BCUT2D eigenvalue weighted by Crippen LogP contribution is -2.66. The molecule has 0 spiro atoms. The Morgan fingerprint density at radius 3 is 1.14 bits per heavy atom. The van der Waals surface area contributed by atoms with Crippen LogP contribution in [0.25, 0.3) is 0 Å². The molecule has 516 valence electrons. The van der Waals surface area contributed by atoms with E-state index in [-0.39, 0.29) is 18.9 Å². The van der Waals surface area contributed by atoms with Gasteiger partial charge in [0, 0.05) is 6.42 Å². The highest BCUT2D eigenvalue weighted by atomic mass is 16.8. The van der Waals surface area contributed by atoms with Crippen molar-refractivity contribution in [2.45, 2.75) is 369 Å². The number of unbranched alkanes of at least 4 members (excludes halogenated alkanes) is 34. The number of carbonyl (C=O) groups excluding carboxylic acids is 1. The molecule has 3 aliphatic heterocycles. The van der Waals surface area contributed by atoms with Gasteiger partial charge in [-0.15, -0.1) is 0 Å². The lowest BCUT2D eigenvalue weighted by Gasteiger charge is -2.48. The van der Waals surface area contributed by atoms with E-state index in [4.69, 9.17) is 28.4 Å². The zero-order chi connectivity index (χ0) is 64.0. The molecule has 0 radical (unpaired) electrons. The maximum atomic E-state index is 13.4. The van der Waals surface area contributed by atoms with Crippen molar-refractivity contribution in [2.24, 2.45) is 0 Å². The predicted octanol–water partition coefficient (Wildman–Crippen LogP) is 9.22. The number of allylic oxidation sites excluding steroid dienone is 5. The fourth-order valence-corrected chi connectivity index (χ4v) is 11.9. The lowest BCUT2D eigenvalue weighted by atomic mass is 9.96. The van der Waals surface area contributed by atoms with E-state index >= 15 is 0 Å². The summed E-state index contributed by atoms with van der Waals surface area (Å²) in [5.41, 5.74) is 0. The molecule has 0 bridgehead atoms. The number of carbonyl (C=O) groups is 1. The second-order valence-electron chi connectivity index (χ2n) is 25.3. The fourth-order valence-electron chi connectivity index (χ4n) is 11.9. The van der Waals surface area contributed by atoms with Crippen molar-refractivity contribution in [1.82, 2.24) is 5.32 Å². The number of hydrogen-bond donors (Lipinski definition) is 12. The van der Waals surface area contributed by atoms with Gasteiger partial charge in [0.15, 0.2) is 18.9 Å². The van der Waals surface area contributed by atoms with Crippen LogP contribution in [0, 0.1) is 0 Å². The summed E-state index contributed by atoms with van der Waals surface area (Å²) < 4.78 is 34.3. The lowest BCUT2D eigenvalue weighted by molar-refractivity contribution is -0.379. The van der Waals surface area contributed by atoms with Crippen LogP contribution in [0.5, 0.6) is 0 Å². The summed E-state index contributed by atoms with van der Waals surface area (Å²) in [7, 11) is 0. The summed E-state index contributed by atoms with van der Waals surface area (Å²) in [5, 5.41) is 120. The number of aliphatic hydroxyl groups is 11. The SMILES string of the molecule is CCCCCCCCCCC/C=C/CC/C=C/CC/C=C/C(O)C(COC1OC(CO)C(OC2OC(CO)C(OC3OC(CO)C(O)C(O)C3O)C(O)C2O)C(O)C1O)NC(=O)CCCCCCCCCCCCCCCCCCCCCCCCCC. The van der Waals surface area contributed by atoms with Crippen LogP contribution in [0.4, 0.5) is 0 Å². The molecule has 17 unspecified atom stereocenters. The second kappa shape index (κ2) is 51.4. The van der Waals surface area contributed by atoms with Gasteiger partial charge in [-0.1, -0.05) is 249 Å². The minimum Gasteiger partial charge on any atom is -0.394 e. The molecule has 88 heavy (non-hydrogen) atoms. The largest absolute Gasteiger partial charge is 0.394 e. The molecule has 1 amide bonds. The summed E-state index contributed by atoms with van der Waals surface area (Å²) in [6, 6.07) is -0.994. The van der Waals surface area contributed by atoms with Crippen LogP contribution in [0.1, 0.15) is 264 Å². The monoisotopic (exact) mass is 1260 g/mol. The smallest absolute Gasteiger partial charge is 0.220 e. The number of aliphatic hydroxyl groups excluding tert-OH is 11. The van der Waals surface area contributed by atoms with E-state index in [2.05, 4.69) is 43.5 Å². The summed E-state index contributed by atoms with van der Waals surface area (Å²) >= 11 is 0. The molecule has 0 aromatic carbocycles. The van der Waals surface area contributed by atoms with Gasteiger partial charge in [-0.3, -0.25) is 4.79 Å². The van der Waals surface area contributed by atoms with Gasteiger partial charge in [0.2, 0.25) is 5.91 Å². The topological polar surface area (TPSA) is 307 Å². The van der Waals surface area contributed by atoms with Gasteiger partial charge < -0.3 is 89.9 Å². The van der Waals surface area contributed by atoms with E-state index in [0.29, 0.717) is 12.8 Å². The molecule has 3 aliphatic rings. The molecule has 0 saturated carbocycles. The van der Waals surface area contributed by atoms with E-state index in [1.165, 1.54) is 186 Å². The first-order valence-corrected chi connectivity index (χ1v) is 35.2. The summed E-state index contributed by atoms with van der Waals surface area (Å²) in [6.07, 6.45) is 32.7. The van der Waals surface area contributed by atoms with Crippen molar-refractivity contribution in [1.29, 1.82) is 0 Å². The van der Waals surface area contributed by atoms with Crippen LogP contribution in [0.3, 0.4) is 0 Å². The molecule has 0 aliphatic carbocycles. The van der Waals surface area contributed by atoms with Crippen molar-refractivity contribution < 1.29 is 89.4 Å². The summed E-state index contributed by atoms with van der Waals surface area (Å²) in [5.74, 6) is -0.285. The molecule has 3 saturated heterocycles. The summed E-state index contributed by atoms with van der Waals surface area (Å²) in [6.45, 7) is 1.73. The van der Waals surface area contributed by atoms with Gasteiger partial charge in [-0.2, -0.15) is 0 Å². The van der Waals surface area contributed by atoms with E-state index in [1.807, 2.05) is 6.08 Å². The zero-order valence-electron chi connectivity index (χ0n) is 54.5. The Kier molecular flexibility index (Phi) is 46.9. The molecule has 19 nitrogen and oxygen atoms in total. The van der Waals surface area contributed by atoms with Crippen LogP contribution in [-0.2, 0) is 33.2 Å². The molecular formula is C69H127NO18. The van der Waals surface area contributed by atoms with E-state index in [0.717, 1.165) is 44.9 Å². The van der Waals surface area contributed by atoms with Gasteiger partial charge in [-0.25, -0.2) is 0 Å². The minimum atomic E-state index is -1.98. The molecule has 3 heterocycles. The van der Waals surface area contributed by atoms with Crippen molar-refractivity contribution >= 4 is 5.91 Å². The number of amides is 1. The first-order chi connectivity index (χ1) is 42.8. The van der Waals surface area contributed by atoms with Crippen LogP contribution < -0.4 is 5.32 Å². The third-order valence-electron chi connectivity index (χ3n) is 17.7. The Bertz CT molecular complexity index is 1740. The Balaban J connectivity index is 1.45. The van der Waals surface area contributed by atoms with E-state index < -0.39 is 124 Å². The second-order valence-corrected chi connectivity index (χ2v) is 25.3. The number of nitrogens with one attached hydrogen (secondary N) is 1. The Labute approximate surface area is 530 Å². The average molecular weight is 1260 g/mol. The molecule has 3 rings (SSSR count). The normalized spacial score (nSPS) is 28.6. The first-order valence-electron chi connectivity index (χ1n) is 35.2. The molecule has 19 heteroatoms. The quantitative estimate of drug-likeness (QED) is 0.0199. The third kappa shape index (κ3) is 33.2. The van der Waals surface area contributed by atoms with E-state index in [9.17, 15) is 61.0 Å². The predicted molar refractivity (Wildman–Crippen MR) is 342 cm³/mol. The maximum absolute atomic E-state index is 13.4. The minimum absolute atomic E-state index is 0.236. The van der Waals surface area contributed by atoms with Gasteiger partial charge in [0.05, 0.1) is 38.6 Å². The van der Waals surface area contributed by atoms with Gasteiger partial charge in [-0.05, 0) is 44.9 Å². The zero-order valence-corrected chi connectivity index (χ0v) is 54.5. The number of rotatable bonds is 54. The third-order valence-corrected chi connectivity index (χ3v) is 17.7. The molecule has 0 aromatic rings. The maximum Gasteiger partial charge on any atom is 0.220 e. The Hall–Kier alpha value is -1.99. The van der Waals surface area contributed by atoms with Gasteiger partial charge >= 0.3 is 0 Å². The molecular weight excluding hydrogens is 1130 g/mol. The standard InChI is InChI=1S/C69H127NO18/c1-3-5-7-9-11-13-15-17-19-21-23-24-25-26-27-29-31-33-35-37-39-41-43-45-47-57(75)70-52(53(74)46-44-42-40-38-36-34-32-30-28-22-20-18-16-14-12-10-8-6-4-2)51-83-67-63(81)60(78)65(55(49-72)85-67)88-69-64(82)61(79)66(56(50-73)86-69)87-68-62(80)59(77)58(76)54(48-71)84-68/h28,30,36,38,44,46,52-56,58-69,71-74,76-82H,3-27,29,31-35,37,39-43,45,47-51H2,1-2H3,(H,70,75)/b30-28+,38-36+,46-44+. The first kappa shape index (κ1) is 80.2. The van der Waals surface area contributed by atoms with Crippen molar-refractivity contribution in [2.75, 3.05) is 26.4 Å². The highest BCUT2D eigenvalue weighted by Gasteiger charge is 2.53. The summed E-state index contributed by atoms with van der Waals surface area (Å²) in [4.78, 5) is 13.4. The molecule has 3 fully saturated rings. The van der Waals surface area contributed by atoms with Crippen LogP contribution >= 0.6 is 0 Å². The highest BCUT2D eigenvalue weighted by Crippen LogP contribution is 2.33. The van der Waals surface area contributed by atoms with E-state index in [1.54, 1.807) is 6.08 Å². The fraction of sp³-hybridized carbons (Fsp3) is 0.899. The molecule has 12 N–H and O–H groups in total. The van der Waals surface area contributed by atoms with Gasteiger partial charge in [0.25, 0.3) is 0 Å².